The van der Waals surface area contributed by atoms with E-state index in [1.807, 2.05) is 0 Å². The number of nitrogens with zero attached hydrogens (tertiary/aromatic N) is 1. The number of fused-ring (bicyclic) bond motifs is 1. The third-order valence-corrected chi connectivity index (χ3v) is 3.68. The second-order valence-corrected chi connectivity index (χ2v) is 6.00. The zero-order chi connectivity index (χ0) is 13.3. The van der Waals surface area contributed by atoms with Crippen LogP contribution in [0.1, 0.15) is 39.3 Å². The first-order valence-corrected chi connectivity index (χ1v) is 7.19. The molecule has 0 radical (unpaired) electrons. The monoisotopic (exact) mass is 309 g/mol. The molecular weight excluding hydrogens is 290 g/mol. The van der Waals surface area contributed by atoms with Crippen LogP contribution in [0.25, 0.3) is 10.9 Å². The van der Waals surface area contributed by atoms with Gasteiger partial charge in [-0.2, -0.15) is 0 Å². The van der Waals surface area contributed by atoms with E-state index in [9.17, 15) is 0 Å². The highest BCUT2D eigenvalue weighted by molar-refractivity contribution is 9.10. The summed E-state index contributed by atoms with van der Waals surface area (Å²) in [5.74, 6) is 0. The maximum absolute atomic E-state index is 5.75. The van der Waals surface area contributed by atoms with Crippen molar-refractivity contribution in [3.05, 3.63) is 34.4 Å². The van der Waals surface area contributed by atoms with E-state index >= 15 is 0 Å². The summed E-state index contributed by atoms with van der Waals surface area (Å²) in [6.45, 7) is 9.20. The predicted molar refractivity (Wildman–Crippen MR) is 79.9 cm³/mol. The number of hydrogen-bond acceptors (Lipinski definition) is 1. The van der Waals surface area contributed by atoms with E-state index in [4.69, 9.17) is 4.74 Å². The molecule has 2 rings (SSSR count). The first kappa shape index (κ1) is 13.6. The molecule has 3 heteroatoms. The molecule has 0 aliphatic carbocycles. The molecule has 98 valence electrons. The van der Waals surface area contributed by atoms with Gasteiger partial charge in [0.15, 0.2) is 0 Å². The van der Waals surface area contributed by atoms with Crippen LogP contribution < -0.4 is 0 Å². The van der Waals surface area contributed by atoms with Crippen LogP contribution in [0.2, 0.25) is 0 Å². The van der Waals surface area contributed by atoms with Crippen molar-refractivity contribution in [2.24, 2.45) is 0 Å². The second-order valence-electron chi connectivity index (χ2n) is 5.15. The smallest absolute Gasteiger partial charge is 0.0741 e. The van der Waals surface area contributed by atoms with Crippen molar-refractivity contribution in [3.8, 4) is 0 Å². The van der Waals surface area contributed by atoms with Crippen molar-refractivity contribution >= 4 is 26.8 Å². The fourth-order valence-corrected chi connectivity index (χ4v) is 2.75. The van der Waals surface area contributed by atoms with Crippen LogP contribution in [0.4, 0.5) is 0 Å². The fraction of sp³-hybridized carbons (Fsp3) is 0.467. The lowest BCUT2D eigenvalue weighted by molar-refractivity contribution is 0.0663. The van der Waals surface area contributed by atoms with E-state index < -0.39 is 0 Å². The summed E-state index contributed by atoms with van der Waals surface area (Å²) in [4.78, 5) is 0. The van der Waals surface area contributed by atoms with Gasteiger partial charge in [0.2, 0.25) is 0 Å². The zero-order valence-electron chi connectivity index (χ0n) is 11.4. The van der Waals surface area contributed by atoms with Gasteiger partial charge in [0.25, 0.3) is 0 Å². The highest BCUT2D eigenvalue weighted by atomic mass is 79.9. The summed E-state index contributed by atoms with van der Waals surface area (Å²) >= 11 is 3.65. The lowest BCUT2D eigenvalue weighted by atomic mass is 10.2. The maximum Gasteiger partial charge on any atom is 0.0741 e. The van der Waals surface area contributed by atoms with E-state index in [2.05, 4.69) is 72.6 Å². The molecule has 1 heterocycles. The largest absolute Gasteiger partial charge is 0.374 e. The minimum atomic E-state index is 0.255. The summed E-state index contributed by atoms with van der Waals surface area (Å²) in [6.07, 6.45) is 2.47. The highest BCUT2D eigenvalue weighted by Gasteiger charge is 2.13. The van der Waals surface area contributed by atoms with Gasteiger partial charge in [0, 0.05) is 33.2 Å². The normalized spacial score (nSPS) is 11.9. The van der Waals surface area contributed by atoms with Crippen LogP contribution in [-0.2, 0) is 11.3 Å². The number of ether oxygens (including phenoxy) is 1. The van der Waals surface area contributed by atoms with Crippen LogP contribution in [0.15, 0.2) is 28.9 Å². The van der Waals surface area contributed by atoms with Gasteiger partial charge in [-0.15, -0.1) is 0 Å². The van der Waals surface area contributed by atoms with Crippen LogP contribution in [0, 0.1) is 0 Å². The van der Waals surface area contributed by atoms with Gasteiger partial charge in [-0.05, 0) is 39.8 Å². The SMILES string of the molecule is CC(C)OCc1cn(C(C)C)c2cccc(Br)c12. The molecule has 1 aromatic heterocycles. The molecule has 0 aliphatic rings. The quantitative estimate of drug-likeness (QED) is 0.782. The van der Waals surface area contributed by atoms with E-state index in [1.165, 1.54) is 16.5 Å². The summed E-state index contributed by atoms with van der Waals surface area (Å²) in [5.41, 5.74) is 2.52. The number of benzene rings is 1. The molecular formula is C15H20BrNO. The lowest BCUT2D eigenvalue weighted by Crippen LogP contribution is -2.02. The Morgan fingerprint density at radius 1 is 1.22 bits per heavy atom. The molecule has 2 aromatic rings. The van der Waals surface area contributed by atoms with Gasteiger partial charge in [-0.25, -0.2) is 0 Å². The molecule has 1 aromatic carbocycles. The average Bonchev–Trinajstić information content (AvgIpc) is 2.67. The Kier molecular flexibility index (Phi) is 4.13. The van der Waals surface area contributed by atoms with E-state index in [-0.39, 0.29) is 6.10 Å². The van der Waals surface area contributed by atoms with Gasteiger partial charge in [0.05, 0.1) is 12.7 Å². The van der Waals surface area contributed by atoms with Gasteiger partial charge in [-0.3, -0.25) is 0 Å². The second kappa shape index (κ2) is 5.45. The van der Waals surface area contributed by atoms with Crippen molar-refractivity contribution in [2.75, 3.05) is 0 Å². The van der Waals surface area contributed by atoms with E-state index in [0.717, 1.165) is 4.47 Å². The average molecular weight is 310 g/mol. The molecule has 0 saturated carbocycles. The Morgan fingerprint density at radius 3 is 2.56 bits per heavy atom. The minimum Gasteiger partial charge on any atom is -0.374 e. The molecule has 0 spiro atoms. The molecule has 0 atom stereocenters. The zero-order valence-corrected chi connectivity index (χ0v) is 13.0. The van der Waals surface area contributed by atoms with Crippen molar-refractivity contribution < 1.29 is 4.74 Å². The summed E-state index contributed by atoms with van der Waals surface area (Å²) in [6, 6.07) is 6.79. The van der Waals surface area contributed by atoms with Crippen molar-refractivity contribution in [2.45, 2.75) is 46.4 Å². The predicted octanol–water partition coefficient (Wildman–Crippen LogP) is 4.91. The topological polar surface area (TPSA) is 14.2 Å². The molecule has 0 bridgehead atoms. The van der Waals surface area contributed by atoms with Gasteiger partial charge in [-0.1, -0.05) is 22.0 Å². The molecule has 0 saturated heterocycles. The van der Waals surface area contributed by atoms with Crippen molar-refractivity contribution in [1.29, 1.82) is 0 Å². The summed E-state index contributed by atoms with van der Waals surface area (Å²) in [5, 5.41) is 1.27. The van der Waals surface area contributed by atoms with Crippen LogP contribution in [0.5, 0.6) is 0 Å². The van der Waals surface area contributed by atoms with Crippen LogP contribution >= 0.6 is 15.9 Å². The minimum absolute atomic E-state index is 0.255. The Hall–Kier alpha value is -0.800. The molecule has 0 N–H and O–H groups in total. The highest BCUT2D eigenvalue weighted by Crippen LogP contribution is 2.31. The third-order valence-electron chi connectivity index (χ3n) is 3.01. The number of rotatable bonds is 4. The first-order chi connectivity index (χ1) is 8.50. The van der Waals surface area contributed by atoms with Crippen molar-refractivity contribution in [3.63, 3.8) is 0 Å². The van der Waals surface area contributed by atoms with Gasteiger partial charge in [0.1, 0.15) is 0 Å². The third kappa shape index (κ3) is 2.62. The van der Waals surface area contributed by atoms with Crippen molar-refractivity contribution in [1.82, 2.24) is 4.57 Å². The molecule has 2 nitrogen and oxygen atoms in total. The molecule has 0 amide bonds. The molecule has 0 aliphatic heterocycles. The number of aromatic nitrogens is 1. The Bertz CT molecular complexity index is 543. The van der Waals surface area contributed by atoms with E-state index in [1.54, 1.807) is 0 Å². The summed E-state index contributed by atoms with van der Waals surface area (Å²) < 4.78 is 9.20. The van der Waals surface area contributed by atoms with E-state index in [0.29, 0.717) is 12.6 Å². The summed E-state index contributed by atoms with van der Waals surface area (Å²) in [7, 11) is 0. The Labute approximate surface area is 117 Å². The van der Waals surface area contributed by atoms with Crippen LogP contribution in [0.3, 0.4) is 0 Å². The molecule has 0 fully saturated rings. The molecule has 0 unspecified atom stereocenters. The first-order valence-electron chi connectivity index (χ1n) is 6.40. The maximum atomic E-state index is 5.75. The Balaban J connectivity index is 2.52. The molecule has 18 heavy (non-hydrogen) atoms. The Morgan fingerprint density at radius 2 is 1.94 bits per heavy atom. The lowest BCUT2D eigenvalue weighted by Gasteiger charge is -2.08. The standard InChI is InChI=1S/C15H20BrNO/c1-10(2)17-8-12(9-18-11(3)4)15-13(16)6-5-7-14(15)17/h5-8,10-11H,9H2,1-4H3. The van der Waals surface area contributed by atoms with Crippen LogP contribution in [-0.4, -0.2) is 10.7 Å². The fourth-order valence-electron chi connectivity index (χ4n) is 2.14. The van der Waals surface area contributed by atoms with Gasteiger partial charge < -0.3 is 9.30 Å². The number of halogens is 1. The van der Waals surface area contributed by atoms with Gasteiger partial charge >= 0.3 is 0 Å². The number of hydrogen-bond donors (Lipinski definition) is 0.